The highest BCUT2D eigenvalue weighted by atomic mass is 19.4. The van der Waals surface area contributed by atoms with E-state index in [0.717, 1.165) is 17.3 Å². The molecule has 9 nitrogen and oxygen atoms in total. The molecule has 0 saturated carbocycles. The molecule has 0 amide bonds. The molecule has 180 valence electrons. The molecule has 1 aromatic carbocycles. The van der Waals surface area contributed by atoms with E-state index in [1.54, 1.807) is 24.1 Å². The summed E-state index contributed by atoms with van der Waals surface area (Å²) >= 11 is 0. The summed E-state index contributed by atoms with van der Waals surface area (Å²) in [6.07, 6.45) is -2.26. The van der Waals surface area contributed by atoms with Gasteiger partial charge in [-0.25, -0.2) is 9.98 Å². The molecule has 2 aliphatic rings. The van der Waals surface area contributed by atoms with Crippen LogP contribution in [0.4, 0.5) is 30.4 Å². The van der Waals surface area contributed by atoms with E-state index in [4.69, 9.17) is 4.99 Å². The number of nitro groups is 1. The normalized spacial score (nSPS) is 20.7. The number of hydrogen-bond acceptors (Lipinski definition) is 8. The minimum atomic E-state index is -4.50. The second kappa shape index (κ2) is 8.93. The van der Waals surface area contributed by atoms with Crippen molar-refractivity contribution in [1.82, 2.24) is 15.6 Å². The van der Waals surface area contributed by atoms with Gasteiger partial charge in [-0.3, -0.25) is 15.4 Å². The molecule has 0 spiro atoms. The predicted molar refractivity (Wildman–Crippen MR) is 122 cm³/mol. The lowest BCUT2D eigenvalue weighted by molar-refractivity contribution is -0.384. The molecular formula is C22H24F3N7O2. The summed E-state index contributed by atoms with van der Waals surface area (Å²) < 4.78 is 40.7. The van der Waals surface area contributed by atoms with E-state index in [1.165, 1.54) is 24.4 Å². The van der Waals surface area contributed by atoms with Gasteiger partial charge in [0.15, 0.2) is 5.79 Å². The van der Waals surface area contributed by atoms with Gasteiger partial charge in [-0.05, 0) is 44.7 Å². The van der Waals surface area contributed by atoms with Crippen LogP contribution in [0.3, 0.4) is 0 Å². The van der Waals surface area contributed by atoms with Crippen LogP contribution in [0.15, 0.2) is 58.9 Å². The van der Waals surface area contributed by atoms with Crippen LogP contribution in [0.25, 0.3) is 0 Å². The van der Waals surface area contributed by atoms with E-state index in [1.807, 2.05) is 6.92 Å². The number of pyridine rings is 1. The summed E-state index contributed by atoms with van der Waals surface area (Å²) in [7, 11) is 1.75. The first-order valence-electron chi connectivity index (χ1n) is 10.7. The van der Waals surface area contributed by atoms with Gasteiger partial charge in [0.2, 0.25) is 0 Å². The number of aromatic nitrogens is 1. The molecule has 34 heavy (non-hydrogen) atoms. The SMILES string of the molecule is CNC1(C)N=C(Nc2ccc([N+](=O)[O-])cc2)C2=C(CCN(c3ncccc3C(F)(F)F)CC2)N1. The highest BCUT2D eigenvalue weighted by molar-refractivity contribution is 6.09. The molecule has 2 aromatic rings. The summed E-state index contributed by atoms with van der Waals surface area (Å²) in [5, 5.41) is 20.6. The number of nitrogens with one attached hydrogen (secondary N) is 3. The number of hydrogen-bond donors (Lipinski definition) is 3. The Morgan fingerprint density at radius 3 is 2.53 bits per heavy atom. The summed E-state index contributed by atoms with van der Waals surface area (Å²) in [5.41, 5.74) is 1.53. The number of nitro benzene ring substituents is 1. The molecule has 0 fully saturated rings. The van der Waals surface area contributed by atoms with Crippen molar-refractivity contribution in [2.24, 2.45) is 4.99 Å². The number of amidine groups is 1. The van der Waals surface area contributed by atoms with E-state index in [9.17, 15) is 23.3 Å². The van der Waals surface area contributed by atoms with Crippen LogP contribution in [0.2, 0.25) is 0 Å². The molecule has 1 atom stereocenters. The van der Waals surface area contributed by atoms with Crippen molar-refractivity contribution in [1.29, 1.82) is 0 Å². The molecule has 1 aromatic heterocycles. The average molecular weight is 475 g/mol. The van der Waals surface area contributed by atoms with E-state index in [-0.39, 0.29) is 11.5 Å². The largest absolute Gasteiger partial charge is 0.419 e. The summed E-state index contributed by atoms with van der Waals surface area (Å²) in [6, 6.07) is 8.29. The predicted octanol–water partition coefficient (Wildman–Crippen LogP) is 3.87. The van der Waals surface area contributed by atoms with Crippen molar-refractivity contribution in [3.8, 4) is 0 Å². The van der Waals surface area contributed by atoms with Crippen molar-refractivity contribution in [3.63, 3.8) is 0 Å². The Bertz CT molecular complexity index is 1150. The molecule has 1 unspecified atom stereocenters. The van der Waals surface area contributed by atoms with Crippen LogP contribution in [0.1, 0.15) is 25.3 Å². The van der Waals surface area contributed by atoms with Crippen LogP contribution < -0.4 is 20.9 Å². The van der Waals surface area contributed by atoms with Gasteiger partial charge in [0.1, 0.15) is 11.7 Å². The monoisotopic (exact) mass is 475 g/mol. The van der Waals surface area contributed by atoms with Crippen molar-refractivity contribution < 1.29 is 18.1 Å². The molecule has 0 aliphatic carbocycles. The van der Waals surface area contributed by atoms with Crippen molar-refractivity contribution in [3.05, 3.63) is 69.5 Å². The highest BCUT2D eigenvalue weighted by Crippen LogP contribution is 2.36. The number of anilines is 2. The van der Waals surface area contributed by atoms with Crippen molar-refractivity contribution in [2.75, 3.05) is 30.4 Å². The number of non-ortho nitro benzene ring substituents is 1. The molecule has 4 rings (SSSR count). The molecule has 2 aliphatic heterocycles. The maximum Gasteiger partial charge on any atom is 0.419 e. The third-order valence-electron chi connectivity index (χ3n) is 5.86. The van der Waals surface area contributed by atoms with Gasteiger partial charge in [-0.1, -0.05) is 0 Å². The van der Waals surface area contributed by atoms with Gasteiger partial charge >= 0.3 is 6.18 Å². The summed E-state index contributed by atoms with van der Waals surface area (Å²) in [5.74, 6) is -0.370. The van der Waals surface area contributed by atoms with Crippen LogP contribution in [0, 0.1) is 10.1 Å². The Balaban J connectivity index is 1.61. The van der Waals surface area contributed by atoms with E-state index >= 15 is 0 Å². The molecule has 3 heterocycles. The zero-order valence-electron chi connectivity index (χ0n) is 18.6. The van der Waals surface area contributed by atoms with Crippen LogP contribution in [-0.2, 0) is 6.18 Å². The Kier molecular flexibility index (Phi) is 6.17. The lowest BCUT2D eigenvalue weighted by Gasteiger charge is -2.35. The van der Waals surface area contributed by atoms with Gasteiger partial charge in [0.25, 0.3) is 5.69 Å². The quantitative estimate of drug-likeness (QED) is 0.455. The Morgan fingerprint density at radius 2 is 1.88 bits per heavy atom. The molecule has 3 N–H and O–H groups in total. The Morgan fingerprint density at radius 1 is 1.18 bits per heavy atom. The lowest BCUT2D eigenvalue weighted by atomic mass is 10.0. The topological polar surface area (TPSA) is 108 Å². The van der Waals surface area contributed by atoms with Gasteiger partial charge in [0, 0.05) is 54.8 Å². The smallest absolute Gasteiger partial charge is 0.355 e. The van der Waals surface area contributed by atoms with Gasteiger partial charge < -0.3 is 15.5 Å². The van der Waals surface area contributed by atoms with E-state index in [0.29, 0.717) is 37.5 Å². The molecular weight excluding hydrogens is 451 g/mol. The fourth-order valence-corrected chi connectivity index (χ4v) is 4.03. The second-order valence-electron chi connectivity index (χ2n) is 8.15. The molecule has 0 bridgehead atoms. The zero-order valence-corrected chi connectivity index (χ0v) is 18.6. The first-order chi connectivity index (χ1) is 16.1. The Labute approximate surface area is 193 Å². The zero-order chi connectivity index (χ0) is 24.5. The van der Waals surface area contributed by atoms with Gasteiger partial charge in [-0.15, -0.1) is 0 Å². The number of rotatable bonds is 4. The van der Waals surface area contributed by atoms with Crippen LogP contribution in [-0.4, -0.2) is 41.7 Å². The maximum atomic E-state index is 13.6. The first-order valence-corrected chi connectivity index (χ1v) is 10.7. The number of benzene rings is 1. The minimum absolute atomic E-state index is 0.0290. The molecule has 0 radical (unpaired) electrons. The van der Waals surface area contributed by atoms with Gasteiger partial charge in [0.05, 0.1) is 10.5 Å². The van der Waals surface area contributed by atoms with Crippen LogP contribution >= 0.6 is 0 Å². The number of alkyl halides is 3. The van der Waals surface area contributed by atoms with E-state index in [2.05, 4.69) is 20.9 Å². The third-order valence-corrected chi connectivity index (χ3v) is 5.86. The molecule has 12 heteroatoms. The third kappa shape index (κ3) is 4.81. The van der Waals surface area contributed by atoms with Crippen LogP contribution in [0.5, 0.6) is 0 Å². The maximum absolute atomic E-state index is 13.6. The Hall–Kier alpha value is -3.67. The average Bonchev–Trinajstić information content (AvgIpc) is 3.01. The fourth-order valence-electron chi connectivity index (χ4n) is 4.03. The lowest BCUT2D eigenvalue weighted by Crippen LogP contribution is -2.54. The number of aliphatic imine (C=N–C) groups is 1. The molecule has 0 saturated heterocycles. The second-order valence-corrected chi connectivity index (χ2v) is 8.15. The number of halogens is 3. The fraction of sp³-hybridized carbons (Fsp3) is 0.364. The van der Waals surface area contributed by atoms with Crippen molar-refractivity contribution in [2.45, 2.75) is 31.7 Å². The summed E-state index contributed by atoms with van der Waals surface area (Å²) in [4.78, 5) is 20.9. The van der Waals surface area contributed by atoms with Crippen molar-refractivity contribution >= 4 is 23.0 Å². The summed E-state index contributed by atoms with van der Waals surface area (Å²) in [6.45, 7) is 2.51. The van der Waals surface area contributed by atoms with Gasteiger partial charge in [-0.2, -0.15) is 13.2 Å². The van der Waals surface area contributed by atoms with E-state index < -0.39 is 22.4 Å². The number of nitrogens with zero attached hydrogens (tertiary/aromatic N) is 4. The first kappa shape index (κ1) is 23.5. The minimum Gasteiger partial charge on any atom is -0.355 e. The highest BCUT2D eigenvalue weighted by Gasteiger charge is 2.37. The standard InChI is InChI=1S/C22H24F3N7O2/c1-21(26-2)29-18-10-13-31(20-17(22(23,24)25)4-3-11-27-20)12-9-16(18)19(30-21)28-14-5-7-15(8-6-14)32(33)34/h3-8,11,26,29H,9-10,12-13H2,1-2H3,(H,28,30).